The number of fused-ring (bicyclic) bond motifs is 5. The molecule has 32 heavy (non-hydrogen) atoms. The number of hydrogen-bond donors (Lipinski definition) is 0. The van der Waals surface area contributed by atoms with E-state index in [9.17, 15) is 14.4 Å². The Morgan fingerprint density at radius 2 is 1.91 bits per heavy atom. The first kappa shape index (κ1) is 23.5. The Hall–Kier alpha value is -1.65. The van der Waals surface area contributed by atoms with E-state index in [-0.39, 0.29) is 34.7 Å². The molecule has 0 aliphatic heterocycles. The van der Waals surface area contributed by atoms with Crippen molar-refractivity contribution >= 4 is 17.7 Å². The van der Waals surface area contributed by atoms with Gasteiger partial charge in [0.1, 0.15) is 6.10 Å². The average Bonchev–Trinajstić information content (AvgIpc) is 3.11. The van der Waals surface area contributed by atoms with Crippen LogP contribution in [0.1, 0.15) is 85.5 Å². The maximum atomic E-state index is 12.2. The Morgan fingerprint density at radius 1 is 1.16 bits per heavy atom. The summed E-state index contributed by atoms with van der Waals surface area (Å²) in [6.45, 7) is 8.52. The van der Waals surface area contributed by atoms with Crippen LogP contribution in [0, 0.1) is 40.4 Å². The molecular weight excluding hydrogens is 404 g/mol. The molecule has 0 aromatic rings. The van der Waals surface area contributed by atoms with Gasteiger partial charge in [0, 0.05) is 25.2 Å². The van der Waals surface area contributed by atoms with Crippen molar-refractivity contribution < 1.29 is 23.9 Å². The highest BCUT2D eigenvalue weighted by atomic mass is 16.5. The molecular formula is C27H40O5. The molecule has 3 fully saturated rings. The van der Waals surface area contributed by atoms with E-state index in [0.717, 1.165) is 44.9 Å². The first-order valence-electron chi connectivity index (χ1n) is 12.6. The van der Waals surface area contributed by atoms with Gasteiger partial charge in [0.15, 0.2) is 5.78 Å². The molecule has 4 aliphatic rings. The lowest BCUT2D eigenvalue weighted by atomic mass is 9.45. The molecule has 5 nitrogen and oxygen atoms in total. The van der Waals surface area contributed by atoms with Crippen LogP contribution in [-0.2, 0) is 23.9 Å². The molecule has 0 N–H and O–H groups in total. The molecule has 0 bridgehead atoms. The van der Waals surface area contributed by atoms with E-state index in [0.29, 0.717) is 42.4 Å². The second-order valence-electron chi connectivity index (χ2n) is 11.4. The lowest BCUT2D eigenvalue weighted by molar-refractivity contribution is -0.181. The average molecular weight is 445 g/mol. The van der Waals surface area contributed by atoms with Crippen molar-refractivity contribution in [2.24, 2.45) is 40.4 Å². The van der Waals surface area contributed by atoms with Crippen LogP contribution in [0.4, 0.5) is 0 Å². The number of carbonyl (C=O) groups is 3. The third-order valence-electron chi connectivity index (χ3n) is 10.1. The van der Waals surface area contributed by atoms with Gasteiger partial charge in [-0.3, -0.25) is 14.4 Å². The zero-order valence-corrected chi connectivity index (χ0v) is 20.4. The minimum Gasteiger partial charge on any atom is -0.469 e. The monoisotopic (exact) mass is 444 g/mol. The summed E-state index contributed by atoms with van der Waals surface area (Å²) < 4.78 is 11.0. The smallest absolute Gasteiger partial charge is 0.305 e. The van der Waals surface area contributed by atoms with Crippen molar-refractivity contribution in [1.29, 1.82) is 0 Å². The summed E-state index contributed by atoms with van der Waals surface area (Å²) in [6.07, 6.45) is 9.98. The first-order valence-corrected chi connectivity index (χ1v) is 12.6. The van der Waals surface area contributed by atoms with Gasteiger partial charge >= 0.3 is 11.9 Å². The highest BCUT2D eigenvalue weighted by Crippen LogP contribution is 2.68. The Labute approximate surface area is 192 Å². The Morgan fingerprint density at radius 3 is 2.59 bits per heavy atom. The Kier molecular flexibility index (Phi) is 6.32. The van der Waals surface area contributed by atoms with Crippen molar-refractivity contribution in [2.75, 3.05) is 7.11 Å². The molecule has 5 heteroatoms. The van der Waals surface area contributed by atoms with Crippen LogP contribution >= 0.6 is 0 Å². The topological polar surface area (TPSA) is 69.7 Å². The zero-order chi connectivity index (χ0) is 23.3. The van der Waals surface area contributed by atoms with Gasteiger partial charge < -0.3 is 9.47 Å². The number of ketones is 1. The van der Waals surface area contributed by atoms with Gasteiger partial charge in [0.05, 0.1) is 7.11 Å². The number of ether oxygens (including phenoxy) is 2. The third kappa shape index (κ3) is 3.74. The van der Waals surface area contributed by atoms with E-state index in [1.54, 1.807) is 0 Å². The molecule has 4 rings (SSSR count). The van der Waals surface area contributed by atoms with Crippen LogP contribution in [0.25, 0.3) is 0 Å². The Bertz CT molecular complexity index is 815. The molecule has 4 aliphatic carbocycles. The van der Waals surface area contributed by atoms with Crippen molar-refractivity contribution in [3.8, 4) is 0 Å². The minimum absolute atomic E-state index is 0.0468. The van der Waals surface area contributed by atoms with E-state index in [1.165, 1.54) is 19.6 Å². The van der Waals surface area contributed by atoms with E-state index < -0.39 is 0 Å². The normalized spacial score (nSPS) is 41.6. The summed E-state index contributed by atoms with van der Waals surface area (Å²) in [4.78, 5) is 36.1. The number of esters is 2. The van der Waals surface area contributed by atoms with Gasteiger partial charge in [0.2, 0.25) is 0 Å². The van der Waals surface area contributed by atoms with Crippen LogP contribution in [-0.4, -0.2) is 30.9 Å². The summed E-state index contributed by atoms with van der Waals surface area (Å²) in [5.74, 6) is 2.32. The van der Waals surface area contributed by atoms with Gasteiger partial charge in [-0.15, -0.1) is 0 Å². The maximum Gasteiger partial charge on any atom is 0.305 e. The molecule has 0 saturated heterocycles. The fourth-order valence-corrected chi connectivity index (χ4v) is 8.48. The molecule has 8 atom stereocenters. The number of allylic oxidation sites excluding steroid dienone is 1. The lowest BCUT2D eigenvalue weighted by Gasteiger charge is -2.60. The molecule has 0 heterocycles. The van der Waals surface area contributed by atoms with Gasteiger partial charge in [0.25, 0.3) is 0 Å². The summed E-state index contributed by atoms with van der Waals surface area (Å²) >= 11 is 0. The number of rotatable bonds is 5. The second-order valence-corrected chi connectivity index (χ2v) is 11.4. The minimum atomic E-state index is -0.197. The standard InChI is InChI=1S/C27H40O5/c1-16(6-11-25(30)31-5)21-9-10-22-20-8-7-18-14-19(29)12-13-26(18,3)23(20)15-24(27(21,22)4)32-17(2)28/h14,16,20-24H,6-13,15H2,1-5H3/t16-,20+,21-,22+,23+,24+,26-,27-/m0/s1. The van der Waals surface area contributed by atoms with Gasteiger partial charge in [-0.1, -0.05) is 26.3 Å². The highest BCUT2D eigenvalue weighted by molar-refractivity contribution is 5.91. The fourth-order valence-electron chi connectivity index (χ4n) is 8.48. The summed E-state index contributed by atoms with van der Waals surface area (Å²) in [5, 5.41) is 0. The van der Waals surface area contributed by atoms with Gasteiger partial charge in [-0.2, -0.15) is 0 Å². The molecule has 3 saturated carbocycles. The quantitative estimate of drug-likeness (QED) is 0.541. The molecule has 0 unspecified atom stereocenters. The summed E-state index contributed by atoms with van der Waals surface area (Å²) in [5.41, 5.74) is 1.32. The van der Waals surface area contributed by atoms with Crippen molar-refractivity contribution in [2.45, 2.75) is 91.6 Å². The van der Waals surface area contributed by atoms with Crippen LogP contribution in [0.15, 0.2) is 11.6 Å². The first-order chi connectivity index (χ1) is 15.1. The third-order valence-corrected chi connectivity index (χ3v) is 10.1. The molecule has 0 amide bonds. The van der Waals surface area contributed by atoms with Gasteiger partial charge in [-0.25, -0.2) is 0 Å². The van der Waals surface area contributed by atoms with E-state index in [4.69, 9.17) is 9.47 Å². The molecule has 0 spiro atoms. The fraction of sp³-hybridized carbons (Fsp3) is 0.815. The molecule has 0 aromatic heterocycles. The number of carbonyl (C=O) groups excluding carboxylic acids is 3. The SMILES string of the molecule is COC(=O)CC[C@H](C)[C@@H]1CC[C@@H]2[C@H]3CCC4=CC(=O)CC[C@]4(C)[C@@H]3C[C@@H](OC(C)=O)[C@]21C. The molecule has 0 radical (unpaired) electrons. The van der Waals surface area contributed by atoms with E-state index in [2.05, 4.69) is 20.8 Å². The number of hydrogen-bond acceptors (Lipinski definition) is 5. The van der Waals surface area contributed by atoms with Crippen molar-refractivity contribution in [3.05, 3.63) is 11.6 Å². The summed E-state index contributed by atoms with van der Waals surface area (Å²) in [6, 6.07) is 0. The van der Waals surface area contributed by atoms with Crippen LogP contribution in [0.5, 0.6) is 0 Å². The molecule has 0 aromatic carbocycles. The van der Waals surface area contributed by atoms with Crippen LogP contribution in [0.3, 0.4) is 0 Å². The lowest BCUT2D eigenvalue weighted by Crippen LogP contribution is -2.57. The van der Waals surface area contributed by atoms with Crippen LogP contribution in [0.2, 0.25) is 0 Å². The highest BCUT2D eigenvalue weighted by Gasteiger charge is 2.64. The van der Waals surface area contributed by atoms with E-state index in [1.807, 2.05) is 6.08 Å². The van der Waals surface area contributed by atoms with Crippen LogP contribution < -0.4 is 0 Å². The Balaban J connectivity index is 1.65. The second kappa shape index (κ2) is 8.61. The van der Waals surface area contributed by atoms with E-state index >= 15 is 0 Å². The van der Waals surface area contributed by atoms with Gasteiger partial charge in [-0.05, 0) is 86.0 Å². The number of methoxy groups -OCH3 is 1. The summed E-state index contributed by atoms with van der Waals surface area (Å²) in [7, 11) is 1.45. The maximum absolute atomic E-state index is 12.2. The van der Waals surface area contributed by atoms with Crippen molar-refractivity contribution in [3.63, 3.8) is 0 Å². The predicted octanol–water partition coefficient (Wildman–Crippen LogP) is 5.27. The predicted molar refractivity (Wildman–Crippen MR) is 122 cm³/mol. The largest absolute Gasteiger partial charge is 0.469 e. The molecule has 178 valence electrons. The zero-order valence-electron chi connectivity index (χ0n) is 20.4. The van der Waals surface area contributed by atoms with Crippen molar-refractivity contribution in [1.82, 2.24) is 0 Å².